The van der Waals surface area contributed by atoms with Crippen LogP contribution in [-0.4, -0.2) is 42.9 Å². The van der Waals surface area contributed by atoms with Crippen molar-refractivity contribution in [3.8, 4) is 11.5 Å². The van der Waals surface area contributed by atoms with Crippen molar-refractivity contribution in [3.63, 3.8) is 0 Å². The Kier molecular flexibility index (Phi) is 6.18. The Labute approximate surface area is 168 Å². The molecule has 1 aliphatic heterocycles. The zero-order valence-electron chi connectivity index (χ0n) is 16.7. The number of hydrogen-bond acceptors (Lipinski definition) is 4. The van der Waals surface area contributed by atoms with Gasteiger partial charge in [-0.25, -0.2) is 0 Å². The summed E-state index contributed by atoms with van der Waals surface area (Å²) in [4.78, 5) is 2.45. The van der Waals surface area contributed by atoms with Crippen molar-refractivity contribution in [1.82, 2.24) is 4.90 Å². The number of hydrogen-bond donors (Lipinski definition) is 1. The van der Waals surface area contributed by atoms with Gasteiger partial charge in [0.2, 0.25) is 0 Å². The molecule has 0 unspecified atom stereocenters. The lowest BCUT2D eigenvalue weighted by molar-refractivity contribution is 0.199. The number of aliphatic hydroxyl groups excluding tert-OH is 1. The minimum Gasteiger partial charge on any atom is -0.493 e. The van der Waals surface area contributed by atoms with Gasteiger partial charge in [-0.3, -0.25) is 4.90 Å². The average Bonchev–Trinajstić information content (AvgIpc) is 3.38. The highest BCUT2D eigenvalue weighted by atomic mass is 16.5. The monoisotopic (exact) mass is 381 g/mol. The average molecular weight is 382 g/mol. The molecule has 2 atom stereocenters. The molecule has 1 heterocycles. The lowest BCUT2D eigenvalue weighted by atomic mass is 9.89. The maximum Gasteiger partial charge on any atom is 0.161 e. The molecule has 2 aliphatic rings. The zero-order valence-corrected chi connectivity index (χ0v) is 16.7. The number of aliphatic hydroxyl groups is 1. The summed E-state index contributed by atoms with van der Waals surface area (Å²) in [5.41, 5.74) is 2.56. The maximum absolute atomic E-state index is 10.00. The predicted molar refractivity (Wildman–Crippen MR) is 111 cm³/mol. The van der Waals surface area contributed by atoms with Crippen molar-refractivity contribution >= 4 is 0 Å². The minimum atomic E-state index is 0.209. The van der Waals surface area contributed by atoms with Crippen LogP contribution >= 0.6 is 0 Å². The molecule has 0 amide bonds. The van der Waals surface area contributed by atoms with Gasteiger partial charge in [-0.1, -0.05) is 36.4 Å². The summed E-state index contributed by atoms with van der Waals surface area (Å²) >= 11 is 0. The van der Waals surface area contributed by atoms with Crippen LogP contribution < -0.4 is 9.47 Å². The Morgan fingerprint density at radius 3 is 2.50 bits per heavy atom. The number of likely N-dealkylation sites (tertiary alicyclic amines) is 1. The first-order chi connectivity index (χ1) is 13.8. The van der Waals surface area contributed by atoms with Crippen molar-refractivity contribution in [2.24, 2.45) is 5.92 Å². The van der Waals surface area contributed by atoms with Gasteiger partial charge >= 0.3 is 0 Å². The molecule has 0 spiro atoms. The van der Waals surface area contributed by atoms with Crippen LogP contribution in [0.2, 0.25) is 0 Å². The highest BCUT2D eigenvalue weighted by Crippen LogP contribution is 2.39. The lowest BCUT2D eigenvalue weighted by Crippen LogP contribution is -2.20. The first-order valence-corrected chi connectivity index (χ1v) is 10.5. The van der Waals surface area contributed by atoms with Crippen LogP contribution in [0.4, 0.5) is 0 Å². The highest BCUT2D eigenvalue weighted by molar-refractivity contribution is 5.44. The third-order valence-corrected chi connectivity index (χ3v) is 6.21. The van der Waals surface area contributed by atoms with E-state index in [1.54, 1.807) is 7.11 Å². The fourth-order valence-corrected chi connectivity index (χ4v) is 4.70. The van der Waals surface area contributed by atoms with E-state index in [0.29, 0.717) is 12.0 Å². The van der Waals surface area contributed by atoms with Crippen LogP contribution in [0.3, 0.4) is 0 Å². The second kappa shape index (κ2) is 8.97. The molecule has 2 aromatic carbocycles. The molecule has 0 bridgehead atoms. The fourth-order valence-electron chi connectivity index (χ4n) is 4.70. The Morgan fingerprint density at radius 2 is 1.79 bits per heavy atom. The summed E-state index contributed by atoms with van der Waals surface area (Å²) in [7, 11) is 1.70. The van der Waals surface area contributed by atoms with Crippen LogP contribution in [0.1, 0.15) is 42.7 Å². The summed E-state index contributed by atoms with van der Waals surface area (Å²) in [6.45, 7) is 3.01. The molecule has 0 aromatic heterocycles. The van der Waals surface area contributed by atoms with E-state index in [-0.39, 0.29) is 12.5 Å². The highest BCUT2D eigenvalue weighted by Gasteiger charge is 2.34. The molecular weight excluding hydrogens is 350 g/mol. The molecule has 1 saturated heterocycles. The Bertz CT molecular complexity index is 758. The Balaban J connectivity index is 1.51. The van der Waals surface area contributed by atoms with Gasteiger partial charge in [-0.2, -0.15) is 0 Å². The summed E-state index contributed by atoms with van der Waals surface area (Å²) < 4.78 is 11.8. The Morgan fingerprint density at radius 1 is 1.00 bits per heavy atom. The lowest BCUT2D eigenvalue weighted by Gasteiger charge is -2.21. The van der Waals surface area contributed by atoms with E-state index in [1.165, 1.54) is 24.0 Å². The molecule has 2 fully saturated rings. The molecule has 1 aliphatic carbocycles. The number of nitrogens with zero attached hydrogens (tertiary/aromatic N) is 1. The zero-order chi connectivity index (χ0) is 19.3. The van der Waals surface area contributed by atoms with E-state index < -0.39 is 0 Å². The van der Waals surface area contributed by atoms with Gasteiger partial charge in [0.05, 0.1) is 13.2 Å². The third kappa shape index (κ3) is 4.34. The van der Waals surface area contributed by atoms with Gasteiger partial charge in [-0.15, -0.1) is 0 Å². The smallest absolute Gasteiger partial charge is 0.161 e. The molecule has 28 heavy (non-hydrogen) atoms. The predicted octanol–water partition coefficient (Wildman–Crippen LogP) is 4.22. The number of methoxy groups -OCH3 is 1. The van der Waals surface area contributed by atoms with E-state index in [1.807, 2.05) is 6.07 Å². The summed E-state index contributed by atoms with van der Waals surface area (Å²) in [6, 6.07) is 16.9. The fraction of sp³-hybridized carbons (Fsp3) is 0.500. The normalized spacial score (nSPS) is 23.2. The molecule has 1 N–H and O–H groups in total. The number of ether oxygens (including phenoxy) is 2. The number of benzene rings is 2. The van der Waals surface area contributed by atoms with Crippen LogP contribution in [0, 0.1) is 5.92 Å². The van der Waals surface area contributed by atoms with E-state index in [9.17, 15) is 5.11 Å². The van der Waals surface area contributed by atoms with Gasteiger partial charge in [0.25, 0.3) is 0 Å². The van der Waals surface area contributed by atoms with Crippen LogP contribution in [0.5, 0.6) is 11.5 Å². The molecule has 4 heteroatoms. The van der Waals surface area contributed by atoms with Crippen molar-refractivity contribution in [2.75, 3.05) is 26.8 Å². The topological polar surface area (TPSA) is 41.9 Å². The molecule has 1 saturated carbocycles. The van der Waals surface area contributed by atoms with Crippen molar-refractivity contribution in [3.05, 3.63) is 59.7 Å². The maximum atomic E-state index is 10.00. The molecule has 0 radical (unpaired) electrons. The third-order valence-electron chi connectivity index (χ3n) is 6.21. The van der Waals surface area contributed by atoms with Crippen LogP contribution in [0.15, 0.2) is 48.5 Å². The van der Waals surface area contributed by atoms with Gasteiger partial charge < -0.3 is 14.6 Å². The summed E-state index contributed by atoms with van der Waals surface area (Å²) in [5.74, 6) is 2.21. The number of rotatable bonds is 7. The van der Waals surface area contributed by atoms with Crippen molar-refractivity contribution < 1.29 is 14.6 Å². The summed E-state index contributed by atoms with van der Waals surface area (Å²) in [5, 5.41) is 10.00. The molecule has 2 aromatic rings. The van der Waals surface area contributed by atoms with E-state index in [0.717, 1.165) is 44.0 Å². The van der Waals surface area contributed by atoms with Gasteiger partial charge in [0.1, 0.15) is 0 Å². The molecule has 4 nitrogen and oxygen atoms in total. The van der Waals surface area contributed by atoms with E-state index in [2.05, 4.69) is 47.4 Å². The van der Waals surface area contributed by atoms with Crippen molar-refractivity contribution in [2.45, 2.75) is 44.2 Å². The minimum absolute atomic E-state index is 0.209. The quantitative estimate of drug-likeness (QED) is 0.780. The molecular formula is C24H31NO3. The molecule has 4 rings (SSSR count). The van der Waals surface area contributed by atoms with E-state index >= 15 is 0 Å². The second-order valence-electron chi connectivity index (χ2n) is 8.16. The largest absolute Gasteiger partial charge is 0.493 e. The summed E-state index contributed by atoms with van der Waals surface area (Å²) in [6.07, 6.45) is 5.05. The van der Waals surface area contributed by atoms with E-state index in [4.69, 9.17) is 9.47 Å². The van der Waals surface area contributed by atoms with Crippen molar-refractivity contribution in [1.29, 1.82) is 0 Å². The first kappa shape index (κ1) is 19.3. The second-order valence-corrected chi connectivity index (χ2v) is 8.16. The first-order valence-electron chi connectivity index (χ1n) is 10.5. The van der Waals surface area contributed by atoms with Crippen LogP contribution in [0.25, 0.3) is 0 Å². The SMILES string of the molecule is COc1ccc([C@H]2CN(Cc3ccccc3)C[C@@H]2CO)cc1OC1CCCC1. The van der Waals surface area contributed by atoms with Gasteiger partial charge in [0, 0.05) is 38.1 Å². The van der Waals surface area contributed by atoms with Gasteiger partial charge in [-0.05, 0) is 48.9 Å². The van der Waals surface area contributed by atoms with Gasteiger partial charge in [0.15, 0.2) is 11.5 Å². The Hall–Kier alpha value is -2.04. The standard InChI is InChI=1S/C24H31NO3/c1-27-23-12-11-19(13-24(23)28-21-9-5-6-10-21)22-16-25(15-20(22)17-26)14-18-7-3-2-4-8-18/h2-4,7-8,11-13,20-22,26H,5-6,9-10,14-17H2,1H3/t20-,22-/m1/s1. The molecule has 150 valence electrons. The van der Waals surface area contributed by atoms with Crippen LogP contribution in [-0.2, 0) is 6.54 Å².